The second kappa shape index (κ2) is 13.2. The van der Waals surface area contributed by atoms with Crippen LogP contribution in [0.4, 0.5) is 4.79 Å². The van der Waals surface area contributed by atoms with Crippen LogP contribution in [-0.4, -0.2) is 62.1 Å². The minimum absolute atomic E-state index is 0.133. The molecule has 0 saturated heterocycles. The van der Waals surface area contributed by atoms with Crippen LogP contribution in [0, 0.1) is 0 Å². The lowest BCUT2D eigenvalue weighted by atomic mass is 9.98. The van der Waals surface area contributed by atoms with Crippen LogP contribution in [-0.2, 0) is 14.2 Å². The van der Waals surface area contributed by atoms with Gasteiger partial charge in [-0.05, 0) is 79.3 Å². The molecule has 12 nitrogen and oxygen atoms in total. The van der Waals surface area contributed by atoms with Gasteiger partial charge in [0.05, 0.1) is 30.5 Å². The molecule has 1 fully saturated rings. The van der Waals surface area contributed by atoms with Gasteiger partial charge >= 0.3 is 18.1 Å². The molecule has 1 aliphatic rings. The van der Waals surface area contributed by atoms with E-state index in [-0.39, 0.29) is 12.1 Å². The number of hydrogen-bond acceptors (Lipinski definition) is 10. The summed E-state index contributed by atoms with van der Waals surface area (Å²) in [5.41, 5.74) is 5.24. The van der Waals surface area contributed by atoms with Crippen molar-refractivity contribution in [3.8, 4) is 34.2 Å². The van der Waals surface area contributed by atoms with Gasteiger partial charge in [0.2, 0.25) is 0 Å². The average Bonchev–Trinajstić information content (AvgIpc) is 3.73. The summed E-state index contributed by atoms with van der Waals surface area (Å²) in [5, 5.41) is 14.3. The lowest BCUT2D eigenvalue weighted by Gasteiger charge is -2.22. The second-order valence-electron chi connectivity index (χ2n) is 10.8. The Balaban J connectivity index is 1.40. The second-order valence-corrected chi connectivity index (χ2v) is 10.8. The molecule has 232 valence electrons. The smallest absolute Gasteiger partial charge is 0.465 e. The molecule has 2 heterocycles. The van der Waals surface area contributed by atoms with Crippen molar-refractivity contribution < 1.29 is 28.5 Å². The van der Waals surface area contributed by atoms with Gasteiger partial charge in [-0.3, -0.25) is 4.57 Å². The van der Waals surface area contributed by atoms with Crippen molar-refractivity contribution in [3.63, 3.8) is 0 Å². The van der Waals surface area contributed by atoms with Crippen LogP contribution in [0.2, 0.25) is 0 Å². The Bertz CT molecular complexity index is 1790. The molecule has 1 unspecified atom stereocenters. The first-order valence-corrected chi connectivity index (χ1v) is 15.1. The van der Waals surface area contributed by atoms with Gasteiger partial charge in [0.15, 0.2) is 5.82 Å². The van der Waals surface area contributed by atoms with Crippen molar-refractivity contribution in [2.45, 2.75) is 58.2 Å². The molecule has 45 heavy (non-hydrogen) atoms. The Morgan fingerprint density at radius 1 is 1.00 bits per heavy atom. The van der Waals surface area contributed by atoms with E-state index in [0.29, 0.717) is 40.3 Å². The molecule has 1 saturated carbocycles. The van der Waals surface area contributed by atoms with Gasteiger partial charge in [0.1, 0.15) is 17.7 Å². The molecule has 2 aromatic heterocycles. The van der Waals surface area contributed by atoms with Crippen molar-refractivity contribution in [1.29, 1.82) is 0 Å². The maximum Gasteiger partial charge on any atom is 0.509 e. The topological polar surface area (TPSA) is 143 Å². The molecule has 1 N–H and O–H groups in total. The maximum atomic E-state index is 13.0. The third-order valence-corrected chi connectivity index (χ3v) is 7.97. The van der Waals surface area contributed by atoms with Gasteiger partial charge in [-0.25, -0.2) is 14.7 Å². The highest BCUT2D eigenvalue weighted by atomic mass is 16.7. The highest BCUT2D eigenvalue weighted by Gasteiger charge is 2.27. The summed E-state index contributed by atoms with van der Waals surface area (Å²) < 4.78 is 24.2. The van der Waals surface area contributed by atoms with Crippen LogP contribution in [0.25, 0.3) is 39.2 Å². The Labute approximate surface area is 259 Å². The molecule has 0 amide bonds. The molecule has 0 bridgehead atoms. The van der Waals surface area contributed by atoms with E-state index in [9.17, 15) is 9.59 Å². The van der Waals surface area contributed by atoms with E-state index < -0.39 is 18.2 Å². The summed E-state index contributed by atoms with van der Waals surface area (Å²) in [5.74, 6) is 0.0235. The lowest BCUT2D eigenvalue weighted by molar-refractivity contribution is -0.00726. The number of ether oxygens (including phenoxy) is 4. The van der Waals surface area contributed by atoms with Crippen LogP contribution < -0.4 is 4.74 Å². The lowest BCUT2D eigenvalue weighted by Crippen LogP contribution is -2.22. The van der Waals surface area contributed by atoms with Crippen molar-refractivity contribution in [2.24, 2.45) is 0 Å². The number of methoxy groups -OCH3 is 1. The first-order valence-electron chi connectivity index (χ1n) is 15.1. The van der Waals surface area contributed by atoms with Gasteiger partial charge in [0.25, 0.3) is 0 Å². The molecular weight excluding hydrogens is 576 g/mol. The van der Waals surface area contributed by atoms with E-state index in [0.717, 1.165) is 48.8 Å². The average molecular weight is 611 g/mol. The number of H-pyrrole nitrogens is 1. The standard InChI is InChI=1S/C33H34N6O6/c1-4-43-32-34-28-24(20(2)44-33(41)45-23-10-6-5-7-11-23)18-19-27(31(40)42-3)29(28)39(32)22-16-14-21(15-17-22)25-12-8-9-13-26(25)30-35-37-38-36-30/h8-9,12-20,23H,4-7,10-11H2,1-3H3,(H,35,36,37,38). The predicted molar refractivity (Wildman–Crippen MR) is 165 cm³/mol. The van der Waals surface area contributed by atoms with Crippen molar-refractivity contribution >= 4 is 23.2 Å². The largest absolute Gasteiger partial charge is 0.509 e. The fourth-order valence-corrected chi connectivity index (χ4v) is 5.81. The summed E-state index contributed by atoms with van der Waals surface area (Å²) in [6.45, 7) is 3.95. The van der Waals surface area contributed by atoms with Crippen LogP contribution in [0.3, 0.4) is 0 Å². The monoisotopic (exact) mass is 610 g/mol. The van der Waals surface area contributed by atoms with Gasteiger partial charge in [0, 0.05) is 11.1 Å². The van der Waals surface area contributed by atoms with E-state index in [1.807, 2.05) is 55.5 Å². The number of imidazole rings is 1. The number of nitrogens with one attached hydrogen (secondary N) is 1. The van der Waals surface area contributed by atoms with E-state index in [1.54, 1.807) is 23.6 Å². The van der Waals surface area contributed by atoms with Crippen molar-refractivity contribution in [2.75, 3.05) is 13.7 Å². The fourth-order valence-electron chi connectivity index (χ4n) is 5.81. The zero-order chi connectivity index (χ0) is 31.3. The third-order valence-electron chi connectivity index (χ3n) is 7.97. The van der Waals surface area contributed by atoms with Gasteiger partial charge in [-0.2, -0.15) is 4.98 Å². The van der Waals surface area contributed by atoms with Crippen molar-refractivity contribution in [1.82, 2.24) is 30.2 Å². The number of hydrogen-bond donors (Lipinski definition) is 1. The number of aromatic amines is 1. The van der Waals surface area contributed by atoms with Gasteiger partial charge < -0.3 is 18.9 Å². The first-order chi connectivity index (χ1) is 22.0. The Kier molecular flexibility index (Phi) is 8.72. The summed E-state index contributed by atoms with van der Waals surface area (Å²) >= 11 is 0. The molecule has 1 aliphatic carbocycles. The van der Waals surface area contributed by atoms with E-state index in [1.165, 1.54) is 7.11 Å². The summed E-state index contributed by atoms with van der Waals surface area (Å²) in [4.78, 5) is 30.5. The van der Waals surface area contributed by atoms with Gasteiger partial charge in [-0.15, -0.1) is 5.10 Å². The molecule has 1 atom stereocenters. The quantitative estimate of drug-likeness (QED) is 0.181. The fraction of sp³-hybridized carbons (Fsp3) is 0.333. The highest BCUT2D eigenvalue weighted by molar-refractivity contribution is 6.04. The SMILES string of the molecule is CCOc1nc2c(C(C)OC(=O)OC3CCCCC3)ccc(C(=O)OC)c2n1-c1ccc(-c2ccccc2-c2nnn[nH]2)cc1. The summed E-state index contributed by atoms with van der Waals surface area (Å²) in [6.07, 6.45) is 3.33. The number of benzene rings is 3. The molecule has 0 radical (unpaired) electrons. The number of carbonyl (C=O) groups excluding carboxylic acids is 2. The zero-order valence-corrected chi connectivity index (χ0v) is 25.4. The predicted octanol–water partition coefficient (Wildman–Crippen LogP) is 6.60. The normalized spacial score (nSPS) is 14.2. The molecule has 3 aromatic carbocycles. The zero-order valence-electron chi connectivity index (χ0n) is 25.4. The van der Waals surface area contributed by atoms with Crippen LogP contribution >= 0.6 is 0 Å². The summed E-state index contributed by atoms with van der Waals surface area (Å²) in [7, 11) is 1.33. The van der Waals surface area contributed by atoms with Crippen LogP contribution in [0.5, 0.6) is 6.01 Å². The molecule has 6 rings (SSSR count). The first kappa shape index (κ1) is 29.8. The van der Waals surface area contributed by atoms with Gasteiger partial charge in [-0.1, -0.05) is 48.9 Å². The summed E-state index contributed by atoms with van der Waals surface area (Å²) in [6, 6.07) is 19.2. The number of esters is 1. The minimum atomic E-state index is -0.721. The molecule has 0 aliphatic heterocycles. The number of nitrogens with zero attached hydrogens (tertiary/aromatic N) is 5. The Hall–Kier alpha value is -5.26. The number of tetrazole rings is 1. The third kappa shape index (κ3) is 6.08. The molecule has 0 spiro atoms. The van der Waals surface area contributed by atoms with E-state index in [2.05, 4.69) is 20.6 Å². The van der Waals surface area contributed by atoms with E-state index >= 15 is 0 Å². The van der Waals surface area contributed by atoms with E-state index in [4.69, 9.17) is 23.9 Å². The number of carbonyl (C=O) groups is 2. The van der Waals surface area contributed by atoms with Crippen LogP contribution in [0.15, 0.2) is 60.7 Å². The number of fused-ring (bicyclic) bond motifs is 1. The highest BCUT2D eigenvalue weighted by Crippen LogP contribution is 2.36. The van der Waals surface area contributed by atoms with Crippen LogP contribution in [0.1, 0.15) is 68.0 Å². The Morgan fingerprint density at radius 3 is 2.44 bits per heavy atom. The van der Waals surface area contributed by atoms with Crippen molar-refractivity contribution in [3.05, 3.63) is 71.8 Å². The number of rotatable bonds is 9. The Morgan fingerprint density at radius 2 is 1.76 bits per heavy atom. The number of aromatic nitrogens is 6. The molecular formula is C33H34N6O6. The molecule has 5 aromatic rings. The maximum absolute atomic E-state index is 13.0. The minimum Gasteiger partial charge on any atom is -0.465 e. The molecule has 12 heteroatoms.